The summed E-state index contributed by atoms with van der Waals surface area (Å²) in [7, 11) is 1.64. The third kappa shape index (κ3) is 4.18. The standard InChI is InChI=1S/C18H17FO/c1-20-18(16-11-13-17(19)14-12-16)10-6-5-9-15-7-3-2-4-8-15/h2-14,18H,1H3/b9-5+,10-6+. The summed E-state index contributed by atoms with van der Waals surface area (Å²) in [6, 6.07) is 16.4. The van der Waals surface area contributed by atoms with Crippen LogP contribution in [0, 0.1) is 5.82 Å². The van der Waals surface area contributed by atoms with E-state index < -0.39 is 0 Å². The van der Waals surface area contributed by atoms with Crippen molar-refractivity contribution in [3.8, 4) is 0 Å². The SMILES string of the molecule is COC(/C=C/C=C/c1ccccc1)c1ccc(F)cc1. The minimum atomic E-state index is -0.239. The van der Waals surface area contributed by atoms with E-state index in [1.165, 1.54) is 12.1 Å². The van der Waals surface area contributed by atoms with Crippen molar-refractivity contribution in [2.75, 3.05) is 7.11 Å². The van der Waals surface area contributed by atoms with Crippen LogP contribution in [0.5, 0.6) is 0 Å². The summed E-state index contributed by atoms with van der Waals surface area (Å²) < 4.78 is 18.3. The van der Waals surface area contributed by atoms with Gasteiger partial charge in [0.25, 0.3) is 0 Å². The largest absolute Gasteiger partial charge is 0.373 e. The molecule has 0 aliphatic carbocycles. The van der Waals surface area contributed by atoms with Gasteiger partial charge in [-0.05, 0) is 23.3 Å². The van der Waals surface area contributed by atoms with E-state index in [4.69, 9.17) is 4.74 Å². The second-order valence-corrected chi connectivity index (χ2v) is 4.36. The molecule has 2 aromatic carbocycles. The summed E-state index contributed by atoms with van der Waals surface area (Å²) in [5, 5.41) is 0. The molecule has 0 saturated heterocycles. The van der Waals surface area contributed by atoms with Gasteiger partial charge in [0.1, 0.15) is 11.9 Å². The molecule has 2 heteroatoms. The lowest BCUT2D eigenvalue weighted by atomic mass is 10.1. The molecule has 0 fully saturated rings. The lowest BCUT2D eigenvalue weighted by Gasteiger charge is -2.10. The van der Waals surface area contributed by atoms with Crippen LogP contribution in [-0.4, -0.2) is 7.11 Å². The Kier molecular flexibility index (Phi) is 5.27. The average Bonchev–Trinajstić information content (AvgIpc) is 2.50. The van der Waals surface area contributed by atoms with Gasteiger partial charge in [-0.3, -0.25) is 0 Å². The number of hydrogen-bond acceptors (Lipinski definition) is 1. The van der Waals surface area contributed by atoms with E-state index in [1.807, 2.05) is 54.6 Å². The first-order valence-electron chi connectivity index (χ1n) is 6.48. The van der Waals surface area contributed by atoms with Crippen molar-refractivity contribution in [1.29, 1.82) is 0 Å². The Labute approximate surface area is 119 Å². The van der Waals surface area contributed by atoms with Crippen LogP contribution in [-0.2, 0) is 4.74 Å². The molecule has 0 radical (unpaired) electrons. The highest BCUT2D eigenvalue weighted by atomic mass is 19.1. The highest BCUT2D eigenvalue weighted by Gasteiger charge is 2.05. The van der Waals surface area contributed by atoms with Crippen LogP contribution in [0.1, 0.15) is 17.2 Å². The molecule has 102 valence electrons. The van der Waals surface area contributed by atoms with Gasteiger partial charge in [0.15, 0.2) is 0 Å². The normalized spacial score (nSPS) is 13.1. The molecule has 0 spiro atoms. The van der Waals surface area contributed by atoms with Crippen molar-refractivity contribution in [3.63, 3.8) is 0 Å². The molecule has 0 N–H and O–H groups in total. The van der Waals surface area contributed by atoms with Crippen LogP contribution < -0.4 is 0 Å². The van der Waals surface area contributed by atoms with Gasteiger partial charge in [-0.2, -0.15) is 0 Å². The highest BCUT2D eigenvalue weighted by Crippen LogP contribution is 2.18. The van der Waals surface area contributed by atoms with Gasteiger partial charge in [-0.25, -0.2) is 4.39 Å². The van der Waals surface area contributed by atoms with E-state index in [0.29, 0.717) is 0 Å². The molecule has 0 aliphatic heterocycles. The summed E-state index contributed by atoms with van der Waals surface area (Å²) in [6.07, 6.45) is 7.69. The summed E-state index contributed by atoms with van der Waals surface area (Å²) >= 11 is 0. The third-order valence-corrected chi connectivity index (χ3v) is 2.94. The van der Waals surface area contributed by atoms with Crippen molar-refractivity contribution in [2.24, 2.45) is 0 Å². The van der Waals surface area contributed by atoms with Crippen LogP contribution in [0.4, 0.5) is 4.39 Å². The van der Waals surface area contributed by atoms with Crippen molar-refractivity contribution in [1.82, 2.24) is 0 Å². The number of rotatable bonds is 5. The molecule has 1 unspecified atom stereocenters. The fourth-order valence-corrected chi connectivity index (χ4v) is 1.87. The van der Waals surface area contributed by atoms with Crippen LogP contribution >= 0.6 is 0 Å². The summed E-state index contributed by atoms with van der Waals surface area (Å²) in [6.45, 7) is 0. The molecule has 0 amide bonds. The predicted molar refractivity (Wildman–Crippen MR) is 80.8 cm³/mol. The van der Waals surface area contributed by atoms with Crippen molar-refractivity contribution in [2.45, 2.75) is 6.10 Å². The zero-order valence-corrected chi connectivity index (χ0v) is 11.4. The second kappa shape index (κ2) is 7.41. The lowest BCUT2D eigenvalue weighted by molar-refractivity contribution is 0.142. The van der Waals surface area contributed by atoms with E-state index in [1.54, 1.807) is 19.2 Å². The van der Waals surface area contributed by atoms with E-state index in [2.05, 4.69) is 0 Å². The number of allylic oxidation sites excluding steroid dienone is 2. The Balaban J connectivity index is 2.01. The molecular formula is C18H17FO. The summed E-state index contributed by atoms with van der Waals surface area (Å²) in [4.78, 5) is 0. The van der Waals surface area contributed by atoms with E-state index >= 15 is 0 Å². The van der Waals surface area contributed by atoms with E-state index in [0.717, 1.165) is 11.1 Å². The minimum Gasteiger partial charge on any atom is -0.373 e. The molecule has 0 heterocycles. The maximum Gasteiger partial charge on any atom is 0.123 e. The Morgan fingerprint density at radius 2 is 1.65 bits per heavy atom. The molecule has 20 heavy (non-hydrogen) atoms. The Morgan fingerprint density at radius 1 is 0.950 bits per heavy atom. The molecule has 0 aromatic heterocycles. The molecule has 2 aromatic rings. The maximum atomic E-state index is 12.9. The van der Waals surface area contributed by atoms with E-state index in [-0.39, 0.29) is 11.9 Å². The van der Waals surface area contributed by atoms with Gasteiger partial charge in [-0.15, -0.1) is 0 Å². The Morgan fingerprint density at radius 3 is 2.30 bits per heavy atom. The number of ether oxygens (including phenoxy) is 1. The topological polar surface area (TPSA) is 9.23 Å². The van der Waals surface area contributed by atoms with E-state index in [9.17, 15) is 4.39 Å². The smallest absolute Gasteiger partial charge is 0.123 e. The first kappa shape index (κ1) is 14.2. The number of methoxy groups -OCH3 is 1. The number of halogens is 1. The van der Waals surface area contributed by atoms with Crippen LogP contribution in [0.25, 0.3) is 6.08 Å². The van der Waals surface area contributed by atoms with Gasteiger partial charge in [0.2, 0.25) is 0 Å². The zero-order chi connectivity index (χ0) is 14.2. The molecule has 0 aliphatic rings. The summed E-state index contributed by atoms with van der Waals surface area (Å²) in [5.41, 5.74) is 2.08. The maximum absolute atomic E-state index is 12.9. The van der Waals surface area contributed by atoms with Crippen LogP contribution in [0.15, 0.2) is 72.8 Å². The first-order valence-corrected chi connectivity index (χ1v) is 6.48. The fourth-order valence-electron chi connectivity index (χ4n) is 1.87. The van der Waals surface area contributed by atoms with Crippen LogP contribution in [0.2, 0.25) is 0 Å². The van der Waals surface area contributed by atoms with Gasteiger partial charge < -0.3 is 4.74 Å². The van der Waals surface area contributed by atoms with Gasteiger partial charge >= 0.3 is 0 Å². The zero-order valence-electron chi connectivity index (χ0n) is 11.4. The monoisotopic (exact) mass is 268 g/mol. The van der Waals surface area contributed by atoms with Gasteiger partial charge in [-0.1, -0.05) is 66.8 Å². The number of hydrogen-bond donors (Lipinski definition) is 0. The highest BCUT2D eigenvalue weighted by molar-refractivity contribution is 5.50. The lowest BCUT2D eigenvalue weighted by Crippen LogP contribution is -1.97. The first-order chi connectivity index (χ1) is 9.79. The van der Waals surface area contributed by atoms with Crippen molar-refractivity contribution in [3.05, 3.63) is 89.8 Å². The Hall–Kier alpha value is -2.19. The van der Waals surface area contributed by atoms with Gasteiger partial charge in [0, 0.05) is 7.11 Å². The van der Waals surface area contributed by atoms with Crippen molar-refractivity contribution < 1.29 is 9.13 Å². The number of benzene rings is 2. The Bertz CT molecular complexity index is 570. The third-order valence-electron chi connectivity index (χ3n) is 2.94. The quantitative estimate of drug-likeness (QED) is 0.709. The predicted octanol–water partition coefficient (Wildman–Crippen LogP) is 4.78. The van der Waals surface area contributed by atoms with Crippen LogP contribution in [0.3, 0.4) is 0 Å². The second-order valence-electron chi connectivity index (χ2n) is 4.36. The molecule has 0 saturated carbocycles. The van der Waals surface area contributed by atoms with Gasteiger partial charge in [0.05, 0.1) is 0 Å². The molecule has 1 atom stereocenters. The fraction of sp³-hybridized carbons (Fsp3) is 0.111. The molecule has 0 bridgehead atoms. The van der Waals surface area contributed by atoms with Crippen molar-refractivity contribution >= 4 is 6.08 Å². The average molecular weight is 268 g/mol. The molecule has 2 rings (SSSR count). The molecule has 1 nitrogen and oxygen atoms in total. The molecular weight excluding hydrogens is 251 g/mol. The minimum absolute atomic E-state index is 0.170. The summed E-state index contributed by atoms with van der Waals surface area (Å²) in [5.74, 6) is -0.239.